The molecule has 0 spiro atoms. The molecule has 1 unspecified atom stereocenters. The lowest BCUT2D eigenvalue weighted by atomic mass is 9.66. The van der Waals surface area contributed by atoms with Crippen LogP contribution in [-0.4, -0.2) is 0 Å². The van der Waals surface area contributed by atoms with Crippen LogP contribution in [0.3, 0.4) is 0 Å². The topological polar surface area (TPSA) is 0 Å². The molecule has 3 saturated carbocycles. The lowest BCUT2D eigenvalue weighted by Gasteiger charge is -2.39. The van der Waals surface area contributed by atoms with Gasteiger partial charge in [-0.1, -0.05) is 31.9 Å². The fourth-order valence-corrected chi connectivity index (χ4v) is 6.87. The van der Waals surface area contributed by atoms with E-state index < -0.39 is 0 Å². The van der Waals surface area contributed by atoms with Crippen molar-refractivity contribution < 1.29 is 4.39 Å². The molecule has 0 bridgehead atoms. The molecule has 0 aliphatic heterocycles. The molecule has 0 saturated heterocycles. The van der Waals surface area contributed by atoms with E-state index in [1.807, 2.05) is 6.08 Å². The van der Waals surface area contributed by atoms with Crippen molar-refractivity contribution in [2.24, 2.45) is 41.4 Å². The van der Waals surface area contributed by atoms with E-state index in [0.717, 1.165) is 41.6 Å². The minimum atomic E-state index is 0.140. The van der Waals surface area contributed by atoms with Crippen LogP contribution in [0.1, 0.15) is 90.4 Å². The van der Waals surface area contributed by atoms with E-state index in [1.165, 1.54) is 77.0 Å². The van der Waals surface area contributed by atoms with Crippen LogP contribution in [0.25, 0.3) is 0 Å². The fourth-order valence-electron chi connectivity index (χ4n) is 6.87. The highest BCUT2D eigenvalue weighted by molar-refractivity contribution is 5.32. The van der Waals surface area contributed by atoms with Crippen LogP contribution < -0.4 is 0 Å². The maximum Gasteiger partial charge on any atom is 0.122 e. The number of hydrogen-bond donors (Lipinski definition) is 0. The Bertz CT molecular complexity index is 575. The van der Waals surface area contributed by atoms with Crippen LogP contribution in [0.4, 0.5) is 4.39 Å². The van der Waals surface area contributed by atoms with Crippen molar-refractivity contribution in [3.8, 4) is 0 Å². The first-order valence-corrected chi connectivity index (χ1v) is 12.3. The zero-order valence-corrected chi connectivity index (χ0v) is 18.1. The number of allylic oxidation sites excluding steroid dienone is 5. The molecular formula is C27H41F. The molecule has 1 atom stereocenters. The van der Waals surface area contributed by atoms with E-state index in [1.54, 1.807) is 0 Å². The van der Waals surface area contributed by atoms with Gasteiger partial charge in [-0.3, -0.25) is 0 Å². The van der Waals surface area contributed by atoms with Crippen LogP contribution in [-0.2, 0) is 0 Å². The van der Waals surface area contributed by atoms with Gasteiger partial charge in [0.25, 0.3) is 0 Å². The van der Waals surface area contributed by atoms with Crippen molar-refractivity contribution in [2.45, 2.75) is 90.4 Å². The summed E-state index contributed by atoms with van der Waals surface area (Å²) >= 11 is 0. The lowest BCUT2D eigenvalue weighted by Crippen LogP contribution is -2.28. The largest absolute Gasteiger partial charge is 0.207 e. The average molecular weight is 385 g/mol. The number of rotatable bonds is 4. The van der Waals surface area contributed by atoms with Gasteiger partial charge < -0.3 is 0 Å². The van der Waals surface area contributed by atoms with Crippen LogP contribution in [0.2, 0.25) is 0 Å². The Morgan fingerprint density at radius 1 is 0.821 bits per heavy atom. The molecule has 0 nitrogen and oxygen atoms in total. The summed E-state index contributed by atoms with van der Waals surface area (Å²) in [4.78, 5) is 0. The Morgan fingerprint density at radius 3 is 1.96 bits per heavy atom. The maximum absolute atomic E-state index is 15.0. The van der Waals surface area contributed by atoms with Crippen LogP contribution in [0.15, 0.2) is 36.2 Å². The van der Waals surface area contributed by atoms with Crippen LogP contribution in [0.5, 0.6) is 0 Å². The second-order valence-electron chi connectivity index (χ2n) is 10.6. The standard InChI is InChI=1S/C27H41F/c1-3-20-6-10-21(11-7-20)22-12-14-23(15-13-22)25-16-17-26(27(28)18-25)24-8-4-19(2)5-9-24/h3,17-25H,1,4-16H2,2H3. The summed E-state index contributed by atoms with van der Waals surface area (Å²) in [7, 11) is 0. The summed E-state index contributed by atoms with van der Waals surface area (Å²) < 4.78 is 15.0. The first-order chi connectivity index (χ1) is 13.6. The molecule has 156 valence electrons. The van der Waals surface area contributed by atoms with Gasteiger partial charge in [0.15, 0.2) is 0 Å². The molecule has 3 fully saturated rings. The van der Waals surface area contributed by atoms with E-state index >= 15 is 0 Å². The van der Waals surface area contributed by atoms with Crippen molar-refractivity contribution in [1.82, 2.24) is 0 Å². The molecule has 0 heterocycles. The minimum absolute atomic E-state index is 0.140. The van der Waals surface area contributed by atoms with Gasteiger partial charge in [0.2, 0.25) is 0 Å². The van der Waals surface area contributed by atoms with Crippen molar-refractivity contribution in [2.75, 3.05) is 0 Å². The Balaban J connectivity index is 1.26. The summed E-state index contributed by atoms with van der Waals surface area (Å²) in [6.07, 6.45) is 23.5. The number of hydrogen-bond acceptors (Lipinski definition) is 0. The Labute approximate surface area is 172 Å². The van der Waals surface area contributed by atoms with Gasteiger partial charge >= 0.3 is 0 Å². The molecule has 0 radical (unpaired) electrons. The summed E-state index contributed by atoms with van der Waals surface area (Å²) in [5, 5.41) is 0. The fraction of sp³-hybridized carbons (Fsp3) is 0.778. The molecular weight excluding hydrogens is 343 g/mol. The van der Waals surface area contributed by atoms with Gasteiger partial charge in [-0.25, -0.2) is 4.39 Å². The third-order valence-corrected chi connectivity index (χ3v) is 8.94. The molecule has 4 rings (SSSR count). The summed E-state index contributed by atoms with van der Waals surface area (Å²) in [6.45, 7) is 6.33. The average Bonchev–Trinajstić information content (AvgIpc) is 2.75. The Morgan fingerprint density at radius 2 is 1.39 bits per heavy atom. The quantitative estimate of drug-likeness (QED) is 0.427. The molecule has 0 aromatic heterocycles. The van der Waals surface area contributed by atoms with E-state index in [0.29, 0.717) is 11.8 Å². The van der Waals surface area contributed by atoms with Crippen molar-refractivity contribution in [1.29, 1.82) is 0 Å². The summed E-state index contributed by atoms with van der Waals surface area (Å²) in [5.74, 6) is 5.32. The summed E-state index contributed by atoms with van der Waals surface area (Å²) in [5.41, 5.74) is 1.07. The van der Waals surface area contributed by atoms with Gasteiger partial charge in [0.05, 0.1) is 0 Å². The lowest BCUT2D eigenvalue weighted by molar-refractivity contribution is 0.140. The van der Waals surface area contributed by atoms with Gasteiger partial charge in [-0.05, 0) is 124 Å². The SMILES string of the molecule is C=CC1CCC(C2CCC(C3C=C(F)C(C4CCC(C)CC4)=CC3)CC2)CC1. The maximum atomic E-state index is 15.0. The van der Waals surface area contributed by atoms with Crippen molar-refractivity contribution >= 4 is 0 Å². The van der Waals surface area contributed by atoms with E-state index in [-0.39, 0.29) is 5.83 Å². The Hall–Kier alpha value is -0.850. The first-order valence-electron chi connectivity index (χ1n) is 12.3. The smallest absolute Gasteiger partial charge is 0.122 e. The van der Waals surface area contributed by atoms with Crippen molar-refractivity contribution in [3.05, 3.63) is 36.2 Å². The second-order valence-corrected chi connectivity index (χ2v) is 10.6. The van der Waals surface area contributed by atoms with Gasteiger partial charge in [0, 0.05) is 0 Å². The molecule has 28 heavy (non-hydrogen) atoms. The molecule has 0 aromatic carbocycles. The molecule has 0 N–H and O–H groups in total. The molecule has 0 amide bonds. The third kappa shape index (κ3) is 4.65. The third-order valence-electron chi connectivity index (χ3n) is 8.94. The normalized spacial score (nSPS) is 42.4. The minimum Gasteiger partial charge on any atom is -0.207 e. The highest BCUT2D eigenvalue weighted by Crippen LogP contribution is 2.46. The predicted octanol–water partition coefficient (Wildman–Crippen LogP) is 8.41. The van der Waals surface area contributed by atoms with Gasteiger partial charge in [-0.15, -0.1) is 6.58 Å². The predicted molar refractivity (Wildman–Crippen MR) is 118 cm³/mol. The van der Waals surface area contributed by atoms with Crippen LogP contribution in [0, 0.1) is 41.4 Å². The van der Waals surface area contributed by atoms with E-state index in [4.69, 9.17) is 0 Å². The molecule has 4 aliphatic carbocycles. The first kappa shape index (κ1) is 20.4. The zero-order chi connectivity index (χ0) is 19.5. The van der Waals surface area contributed by atoms with Crippen LogP contribution >= 0.6 is 0 Å². The Kier molecular flexibility index (Phi) is 6.79. The monoisotopic (exact) mass is 384 g/mol. The second kappa shape index (κ2) is 9.31. The van der Waals surface area contributed by atoms with E-state index in [9.17, 15) is 4.39 Å². The zero-order valence-electron chi connectivity index (χ0n) is 18.1. The van der Waals surface area contributed by atoms with Gasteiger partial charge in [0.1, 0.15) is 5.83 Å². The summed E-state index contributed by atoms with van der Waals surface area (Å²) in [6, 6.07) is 0. The van der Waals surface area contributed by atoms with Crippen molar-refractivity contribution in [3.63, 3.8) is 0 Å². The molecule has 1 heteroatoms. The molecule has 0 aromatic rings. The highest BCUT2D eigenvalue weighted by atomic mass is 19.1. The number of halogens is 1. The van der Waals surface area contributed by atoms with E-state index in [2.05, 4.69) is 25.7 Å². The van der Waals surface area contributed by atoms with Gasteiger partial charge in [-0.2, -0.15) is 0 Å². The molecule has 4 aliphatic rings. The highest BCUT2D eigenvalue weighted by Gasteiger charge is 2.34.